The Bertz CT molecular complexity index is 790. The largest absolute Gasteiger partial charge is 0.439 e. The Kier molecular flexibility index (Phi) is 4.35. The third kappa shape index (κ3) is 3.08. The van der Waals surface area contributed by atoms with Crippen LogP contribution in [0.3, 0.4) is 0 Å². The molecule has 1 atom stereocenters. The summed E-state index contributed by atoms with van der Waals surface area (Å²) in [5.41, 5.74) is -3.53. The highest BCUT2D eigenvalue weighted by atomic mass is 32.2. The van der Waals surface area contributed by atoms with Gasteiger partial charge in [0.15, 0.2) is 0 Å². The maximum atomic E-state index is 13.1. The monoisotopic (exact) mass is 365 g/mol. The molecule has 7 nitrogen and oxygen atoms in total. The first-order valence-corrected chi connectivity index (χ1v) is 8.08. The molecular weight excluding hydrogens is 351 g/mol. The number of sulfonamides is 1. The molecule has 0 saturated heterocycles. The lowest BCUT2D eigenvalue weighted by Crippen LogP contribution is -2.56. The minimum absolute atomic E-state index is 0.173. The van der Waals surface area contributed by atoms with Crippen LogP contribution in [0.5, 0.6) is 0 Å². The van der Waals surface area contributed by atoms with Gasteiger partial charge in [0, 0.05) is 24.7 Å². The van der Waals surface area contributed by atoms with Crippen LogP contribution in [0.25, 0.3) is 0 Å². The maximum Gasteiger partial charge on any atom is 0.439 e. The number of halogens is 3. The summed E-state index contributed by atoms with van der Waals surface area (Å²) in [5, 5.41) is 15.6. The standard InChI is InChI=1S/C13H14F3N3O4S/c1-8-7-12(21,13(14,15)16)19(18-8)24(22,23)11-5-3-10(4-6-11)17-9(2)20/h3-6,21H,7H2,1-2H3,(H,17,20). The van der Waals surface area contributed by atoms with Crippen molar-refractivity contribution in [3.8, 4) is 0 Å². The molecule has 0 saturated carbocycles. The van der Waals surface area contributed by atoms with Crippen molar-refractivity contribution in [3.05, 3.63) is 24.3 Å². The summed E-state index contributed by atoms with van der Waals surface area (Å²) in [6, 6.07) is 4.46. The zero-order valence-electron chi connectivity index (χ0n) is 12.6. The number of amides is 1. The predicted octanol–water partition coefficient (Wildman–Crippen LogP) is 1.67. The van der Waals surface area contributed by atoms with Gasteiger partial charge in [0.05, 0.1) is 4.90 Å². The van der Waals surface area contributed by atoms with Gasteiger partial charge in [-0.1, -0.05) is 0 Å². The number of anilines is 1. The first-order chi connectivity index (χ1) is 10.9. The second-order valence-electron chi connectivity index (χ2n) is 5.28. The molecule has 2 N–H and O–H groups in total. The average molecular weight is 365 g/mol. The van der Waals surface area contributed by atoms with Crippen molar-refractivity contribution in [2.75, 3.05) is 5.32 Å². The number of alkyl halides is 3. The van der Waals surface area contributed by atoms with E-state index in [1.807, 2.05) is 0 Å². The summed E-state index contributed by atoms with van der Waals surface area (Å²) in [6.07, 6.45) is -6.20. The van der Waals surface area contributed by atoms with Crippen molar-refractivity contribution in [3.63, 3.8) is 0 Å². The second-order valence-corrected chi connectivity index (χ2v) is 7.05. The molecule has 0 radical (unpaired) electrons. The van der Waals surface area contributed by atoms with Gasteiger partial charge in [0.1, 0.15) is 0 Å². The molecule has 1 aliphatic heterocycles. The third-order valence-corrected chi connectivity index (χ3v) is 4.94. The Balaban J connectivity index is 2.44. The fraction of sp³-hybridized carbons (Fsp3) is 0.385. The van der Waals surface area contributed by atoms with Crippen molar-refractivity contribution < 1.29 is 31.5 Å². The lowest BCUT2D eigenvalue weighted by atomic mass is 10.1. The quantitative estimate of drug-likeness (QED) is 0.851. The van der Waals surface area contributed by atoms with Crippen molar-refractivity contribution >= 4 is 27.3 Å². The van der Waals surface area contributed by atoms with E-state index in [1.165, 1.54) is 26.0 Å². The van der Waals surface area contributed by atoms with E-state index in [4.69, 9.17) is 0 Å². The number of carbonyl (C=O) groups excluding carboxylic acids is 1. The van der Waals surface area contributed by atoms with Gasteiger partial charge in [0.25, 0.3) is 15.7 Å². The minimum Gasteiger partial charge on any atom is -0.361 e. The number of rotatable bonds is 3. The number of carbonyl (C=O) groups is 1. The van der Waals surface area contributed by atoms with Crippen LogP contribution in [-0.2, 0) is 14.8 Å². The Morgan fingerprint density at radius 3 is 2.33 bits per heavy atom. The lowest BCUT2D eigenvalue weighted by Gasteiger charge is -2.33. The van der Waals surface area contributed by atoms with E-state index in [0.717, 1.165) is 12.1 Å². The summed E-state index contributed by atoms with van der Waals surface area (Å²) in [6.45, 7) is 2.43. The number of aliphatic hydroxyl groups is 1. The fourth-order valence-electron chi connectivity index (χ4n) is 2.17. The molecule has 132 valence electrons. The SMILES string of the molecule is CC(=O)Nc1ccc(S(=O)(=O)N2N=C(C)CC2(O)C(F)(F)F)cc1. The highest BCUT2D eigenvalue weighted by Crippen LogP contribution is 2.43. The molecule has 0 bridgehead atoms. The Morgan fingerprint density at radius 1 is 1.33 bits per heavy atom. The molecule has 11 heteroatoms. The molecule has 1 aromatic rings. The Labute approximate surface area is 135 Å². The van der Waals surface area contributed by atoms with Gasteiger partial charge >= 0.3 is 6.18 Å². The van der Waals surface area contributed by atoms with E-state index in [2.05, 4.69) is 10.4 Å². The highest BCUT2D eigenvalue weighted by Gasteiger charge is 2.64. The Hall–Kier alpha value is -2.14. The smallest absolute Gasteiger partial charge is 0.361 e. The number of benzene rings is 1. The second kappa shape index (κ2) is 5.74. The van der Waals surface area contributed by atoms with Crippen LogP contribution in [0.15, 0.2) is 34.3 Å². The van der Waals surface area contributed by atoms with Crippen LogP contribution in [0.4, 0.5) is 18.9 Å². The number of nitrogens with one attached hydrogen (secondary N) is 1. The predicted molar refractivity (Wildman–Crippen MR) is 78.5 cm³/mol. The van der Waals surface area contributed by atoms with Gasteiger partial charge < -0.3 is 10.4 Å². The molecule has 0 spiro atoms. The van der Waals surface area contributed by atoms with Crippen molar-refractivity contribution in [2.45, 2.75) is 37.1 Å². The summed E-state index contributed by atoms with van der Waals surface area (Å²) < 4.78 is 64.0. The number of nitrogens with zero attached hydrogens (tertiary/aromatic N) is 2. The van der Waals surface area contributed by atoms with E-state index in [1.54, 1.807) is 0 Å². The molecule has 1 amide bonds. The van der Waals surface area contributed by atoms with E-state index >= 15 is 0 Å². The van der Waals surface area contributed by atoms with Gasteiger partial charge in [-0.05, 0) is 31.2 Å². The van der Waals surface area contributed by atoms with Gasteiger partial charge in [0.2, 0.25) is 5.91 Å². The van der Waals surface area contributed by atoms with E-state index in [9.17, 15) is 31.5 Å². The highest BCUT2D eigenvalue weighted by molar-refractivity contribution is 7.89. The van der Waals surface area contributed by atoms with Crippen LogP contribution < -0.4 is 5.32 Å². The van der Waals surface area contributed by atoms with Crippen LogP contribution in [-0.4, -0.2) is 41.5 Å². The maximum absolute atomic E-state index is 13.1. The number of hydrogen-bond acceptors (Lipinski definition) is 5. The molecule has 24 heavy (non-hydrogen) atoms. The fourth-order valence-corrected chi connectivity index (χ4v) is 3.66. The summed E-state index contributed by atoms with van der Waals surface area (Å²) in [5.74, 6) is -0.392. The number of hydrazone groups is 1. The molecular formula is C13H14F3N3O4S. The lowest BCUT2D eigenvalue weighted by molar-refractivity contribution is -0.291. The topological polar surface area (TPSA) is 99.1 Å². The van der Waals surface area contributed by atoms with Crippen LogP contribution in [0.2, 0.25) is 0 Å². The number of hydrogen-bond donors (Lipinski definition) is 2. The van der Waals surface area contributed by atoms with Crippen LogP contribution >= 0.6 is 0 Å². The van der Waals surface area contributed by atoms with Gasteiger partial charge in [-0.25, -0.2) is 0 Å². The first-order valence-electron chi connectivity index (χ1n) is 6.64. The minimum atomic E-state index is -5.22. The normalized spacial score (nSPS) is 21.6. The van der Waals surface area contributed by atoms with Crippen molar-refractivity contribution in [1.82, 2.24) is 4.41 Å². The zero-order chi connectivity index (χ0) is 18.3. The third-order valence-electron chi connectivity index (χ3n) is 3.23. The molecule has 0 fully saturated rings. The van der Waals surface area contributed by atoms with Crippen LogP contribution in [0, 0.1) is 0 Å². The van der Waals surface area contributed by atoms with E-state index in [0.29, 0.717) is 0 Å². The molecule has 1 aromatic carbocycles. The Morgan fingerprint density at radius 2 is 1.88 bits per heavy atom. The summed E-state index contributed by atoms with van der Waals surface area (Å²) in [4.78, 5) is 10.4. The van der Waals surface area contributed by atoms with E-state index < -0.39 is 39.1 Å². The molecule has 2 rings (SSSR count). The zero-order valence-corrected chi connectivity index (χ0v) is 13.4. The molecule has 1 unspecified atom stereocenters. The van der Waals surface area contributed by atoms with Gasteiger partial charge in [-0.3, -0.25) is 4.79 Å². The summed E-state index contributed by atoms with van der Waals surface area (Å²) in [7, 11) is -4.74. The van der Waals surface area contributed by atoms with Crippen molar-refractivity contribution in [2.24, 2.45) is 5.10 Å². The first kappa shape index (κ1) is 18.2. The van der Waals surface area contributed by atoms with Crippen LogP contribution in [0.1, 0.15) is 20.3 Å². The van der Waals surface area contributed by atoms with Crippen molar-refractivity contribution in [1.29, 1.82) is 0 Å². The summed E-state index contributed by atoms with van der Waals surface area (Å²) >= 11 is 0. The molecule has 1 aliphatic rings. The van der Waals surface area contributed by atoms with Gasteiger partial charge in [-0.2, -0.15) is 26.7 Å². The van der Waals surface area contributed by atoms with E-state index in [-0.39, 0.29) is 15.8 Å². The average Bonchev–Trinajstić information content (AvgIpc) is 2.75. The molecule has 1 heterocycles. The molecule has 0 aromatic heterocycles. The van der Waals surface area contributed by atoms with Gasteiger partial charge in [-0.15, -0.1) is 4.41 Å². The molecule has 0 aliphatic carbocycles.